The van der Waals surface area contributed by atoms with E-state index in [1.807, 2.05) is 6.20 Å². The molecule has 0 radical (unpaired) electrons. The van der Waals surface area contributed by atoms with Crippen LogP contribution in [0.2, 0.25) is 0 Å². The highest BCUT2D eigenvalue weighted by atomic mass is 16.7. The van der Waals surface area contributed by atoms with Gasteiger partial charge in [0.25, 0.3) is 0 Å². The number of rotatable bonds is 3. The largest absolute Gasteiger partial charge is 0.494 e. The van der Waals surface area contributed by atoms with Gasteiger partial charge in [-0.05, 0) is 45.8 Å². The van der Waals surface area contributed by atoms with E-state index in [1.165, 1.54) is 0 Å². The molecular weight excluding hydrogens is 381 g/mol. The molecule has 3 aliphatic rings. The fourth-order valence-electron chi connectivity index (χ4n) is 4.47. The summed E-state index contributed by atoms with van der Waals surface area (Å²) in [5.74, 6) is 0.468. The second kappa shape index (κ2) is 6.90. The minimum absolute atomic E-state index is 0.154. The Kier molecular flexibility index (Phi) is 4.65. The zero-order chi connectivity index (χ0) is 21.1. The third-order valence-corrected chi connectivity index (χ3v) is 7.00. The Morgan fingerprint density at radius 1 is 1.03 bits per heavy atom. The Morgan fingerprint density at radius 3 is 2.30 bits per heavy atom. The lowest BCUT2D eigenvalue weighted by Crippen LogP contribution is -2.41. The highest BCUT2D eigenvalue weighted by Gasteiger charge is 2.51. The van der Waals surface area contributed by atoms with E-state index < -0.39 is 5.79 Å². The molecule has 0 aliphatic carbocycles. The standard InChI is InChI=1S/C22H30BN3O4/c1-20(2)21(3,4)30-23(29-20)16-8-6-15(7-9-16)17-13-24-19(25-17)18-12-22(14-26(18)5)27-10-11-28-22/h6-9,13,18H,10-12,14H2,1-5H3,(H,24,25). The lowest BCUT2D eigenvalue weighted by Gasteiger charge is -2.32. The van der Waals surface area contributed by atoms with Gasteiger partial charge in [-0.1, -0.05) is 24.3 Å². The molecule has 1 spiro atoms. The summed E-state index contributed by atoms with van der Waals surface area (Å²) in [4.78, 5) is 10.4. The van der Waals surface area contributed by atoms with Crippen LogP contribution in [-0.4, -0.2) is 65.8 Å². The molecule has 0 amide bonds. The van der Waals surface area contributed by atoms with Gasteiger partial charge in [0.2, 0.25) is 0 Å². The number of likely N-dealkylation sites (tertiary alicyclic amines) is 1. The number of H-pyrrole nitrogens is 1. The van der Waals surface area contributed by atoms with Crippen molar-refractivity contribution < 1.29 is 18.8 Å². The van der Waals surface area contributed by atoms with E-state index in [9.17, 15) is 0 Å². The van der Waals surface area contributed by atoms with E-state index >= 15 is 0 Å². The normalized spacial score (nSPS) is 27.4. The molecule has 30 heavy (non-hydrogen) atoms. The minimum atomic E-state index is -0.475. The van der Waals surface area contributed by atoms with Crippen molar-refractivity contribution in [3.05, 3.63) is 36.3 Å². The van der Waals surface area contributed by atoms with E-state index in [0.717, 1.165) is 35.5 Å². The fraction of sp³-hybridized carbons (Fsp3) is 0.591. The van der Waals surface area contributed by atoms with Gasteiger partial charge in [-0.2, -0.15) is 0 Å². The number of likely N-dealkylation sites (N-methyl/N-ethyl adjacent to an activating group) is 1. The zero-order valence-corrected chi connectivity index (χ0v) is 18.4. The molecule has 2 aromatic rings. The van der Waals surface area contributed by atoms with Crippen LogP contribution in [0.4, 0.5) is 0 Å². The smallest absolute Gasteiger partial charge is 0.399 e. The van der Waals surface area contributed by atoms with Gasteiger partial charge in [0.15, 0.2) is 5.79 Å². The van der Waals surface area contributed by atoms with Crippen LogP contribution in [0.25, 0.3) is 11.3 Å². The average molecular weight is 411 g/mol. The zero-order valence-electron chi connectivity index (χ0n) is 18.4. The lowest BCUT2D eigenvalue weighted by atomic mass is 9.79. The molecule has 1 aromatic carbocycles. The molecule has 1 atom stereocenters. The van der Waals surface area contributed by atoms with Crippen LogP contribution in [-0.2, 0) is 18.8 Å². The van der Waals surface area contributed by atoms with Crippen molar-refractivity contribution in [2.75, 3.05) is 26.8 Å². The molecule has 1 unspecified atom stereocenters. The SMILES string of the molecule is CN1CC2(CC1c1ncc(-c3ccc(B4OC(C)(C)C(C)(C)O4)cc3)[nH]1)OCCO2. The monoisotopic (exact) mass is 411 g/mol. The molecule has 1 N–H and O–H groups in total. The third kappa shape index (κ3) is 3.31. The summed E-state index contributed by atoms with van der Waals surface area (Å²) < 4.78 is 24.1. The van der Waals surface area contributed by atoms with Crippen LogP contribution in [0.3, 0.4) is 0 Å². The van der Waals surface area contributed by atoms with Crippen molar-refractivity contribution in [2.24, 2.45) is 0 Å². The van der Waals surface area contributed by atoms with Crippen molar-refractivity contribution in [1.82, 2.24) is 14.9 Å². The van der Waals surface area contributed by atoms with E-state index in [1.54, 1.807) is 0 Å². The maximum absolute atomic E-state index is 6.15. The summed E-state index contributed by atoms with van der Waals surface area (Å²) in [7, 11) is 1.74. The van der Waals surface area contributed by atoms with E-state index in [2.05, 4.69) is 73.9 Å². The Hall–Kier alpha value is -1.71. The Labute approximate surface area is 178 Å². The number of aromatic amines is 1. The second-order valence-corrected chi connectivity index (χ2v) is 9.64. The molecule has 160 valence electrons. The summed E-state index contributed by atoms with van der Waals surface area (Å²) in [6.45, 7) is 10.4. The predicted molar refractivity (Wildman–Crippen MR) is 114 cm³/mol. The molecule has 4 heterocycles. The summed E-state index contributed by atoms with van der Waals surface area (Å²) in [6.07, 6.45) is 2.69. The van der Waals surface area contributed by atoms with Gasteiger partial charge < -0.3 is 23.8 Å². The van der Waals surface area contributed by atoms with Crippen molar-refractivity contribution in [2.45, 2.75) is 57.1 Å². The van der Waals surface area contributed by atoms with Gasteiger partial charge in [-0.15, -0.1) is 0 Å². The first-order valence-corrected chi connectivity index (χ1v) is 10.7. The topological polar surface area (TPSA) is 68.8 Å². The highest BCUT2D eigenvalue weighted by Crippen LogP contribution is 2.41. The Bertz CT molecular complexity index is 905. The molecule has 7 nitrogen and oxygen atoms in total. The summed E-state index contributed by atoms with van der Waals surface area (Å²) >= 11 is 0. The molecule has 0 saturated carbocycles. The Balaban J connectivity index is 1.31. The summed E-state index contributed by atoms with van der Waals surface area (Å²) in [5, 5.41) is 0. The van der Waals surface area contributed by atoms with Crippen LogP contribution >= 0.6 is 0 Å². The number of hydrogen-bond donors (Lipinski definition) is 1. The fourth-order valence-corrected chi connectivity index (χ4v) is 4.47. The number of nitrogens with one attached hydrogen (secondary N) is 1. The van der Waals surface area contributed by atoms with Crippen LogP contribution < -0.4 is 5.46 Å². The first-order valence-electron chi connectivity index (χ1n) is 10.7. The maximum Gasteiger partial charge on any atom is 0.494 e. The number of nitrogens with zero attached hydrogens (tertiary/aromatic N) is 2. The summed E-state index contributed by atoms with van der Waals surface area (Å²) in [6, 6.07) is 8.45. The number of benzene rings is 1. The number of imidazole rings is 1. The predicted octanol–water partition coefficient (Wildman–Crippen LogP) is 2.50. The number of hydrogen-bond acceptors (Lipinski definition) is 6. The van der Waals surface area contributed by atoms with Crippen LogP contribution in [0.1, 0.15) is 46.0 Å². The summed E-state index contributed by atoms with van der Waals surface area (Å²) in [5.41, 5.74) is 2.41. The van der Waals surface area contributed by atoms with Gasteiger partial charge in [0, 0.05) is 6.42 Å². The quantitative estimate of drug-likeness (QED) is 0.783. The second-order valence-electron chi connectivity index (χ2n) is 9.64. The van der Waals surface area contributed by atoms with E-state index in [0.29, 0.717) is 13.2 Å². The molecule has 3 fully saturated rings. The van der Waals surface area contributed by atoms with Gasteiger partial charge in [0.1, 0.15) is 5.82 Å². The van der Waals surface area contributed by atoms with Crippen LogP contribution in [0.5, 0.6) is 0 Å². The minimum Gasteiger partial charge on any atom is -0.399 e. The third-order valence-electron chi connectivity index (χ3n) is 7.00. The van der Waals surface area contributed by atoms with E-state index in [4.69, 9.17) is 18.8 Å². The molecule has 3 saturated heterocycles. The number of aromatic nitrogens is 2. The van der Waals surface area contributed by atoms with Gasteiger partial charge in [-0.3, -0.25) is 4.90 Å². The first-order chi connectivity index (χ1) is 14.2. The first kappa shape index (κ1) is 20.2. The van der Waals surface area contributed by atoms with E-state index in [-0.39, 0.29) is 24.4 Å². The number of ether oxygens (including phenoxy) is 2. The molecule has 8 heteroatoms. The van der Waals surface area contributed by atoms with Crippen LogP contribution in [0.15, 0.2) is 30.5 Å². The molecule has 5 rings (SSSR count). The highest BCUT2D eigenvalue weighted by molar-refractivity contribution is 6.62. The van der Waals surface area contributed by atoms with Crippen molar-refractivity contribution in [3.8, 4) is 11.3 Å². The van der Waals surface area contributed by atoms with Crippen molar-refractivity contribution in [3.63, 3.8) is 0 Å². The molecule has 3 aliphatic heterocycles. The molecule has 1 aromatic heterocycles. The lowest BCUT2D eigenvalue weighted by molar-refractivity contribution is -0.145. The molecular formula is C22H30BN3O4. The van der Waals surface area contributed by atoms with Crippen LogP contribution in [0, 0.1) is 0 Å². The van der Waals surface area contributed by atoms with Gasteiger partial charge in [-0.25, -0.2) is 4.98 Å². The maximum atomic E-state index is 6.15. The van der Waals surface area contributed by atoms with Crippen molar-refractivity contribution in [1.29, 1.82) is 0 Å². The van der Waals surface area contributed by atoms with Crippen molar-refractivity contribution >= 4 is 12.6 Å². The Morgan fingerprint density at radius 2 is 1.67 bits per heavy atom. The van der Waals surface area contributed by atoms with Gasteiger partial charge >= 0.3 is 7.12 Å². The average Bonchev–Trinajstić information content (AvgIpc) is 3.44. The molecule has 0 bridgehead atoms. The van der Waals surface area contributed by atoms with Gasteiger partial charge in [0.05, 0.1) is 48.9 Å².